The number of nitrogens with one attached hydrogen (secondary N) is 1. The molecule has 3 nitrogen and oxygen atoms in total. The summed E-state index contributed by atoms with van der Waals surface area (Å²) < 4.78 is 70.6. The lowest BCUT2D eigenvalue weighted by atomic mass is 10.1. The van der Waals surface area contributed by atoms with Crippen LogP contribution in [-0.2, 0) is 6.18 Å². The summed E-state index contributed by atoms with van der Waals surface area (Å²) in [5.41, 5.74) is 1.43. The molecular weight excluding hydrogens is 489 g/mol. The lowest BCUT2D eigenvalue weighted by Crippen LogP contribution is -2.51. The van der Waals surface area contributed by atoms with Crippen molar-refractivity contribution in [3.8, 4) is 0 Å². The number of alkyl halides is 3. The Bertz CT molecular complexity index is 1400. The van der Waals surface area contributed by atoms with Crippen molar-refractivity contribution in [1.29, 1.82) is 0 Å². The molecule has 4 aromatic rings. The molecule has 0 bridgehead atoms. The van der Waals surface area contributed by atoms with Crippen LogP contribution in [-0.4, -0.2) is 17.5 Å². The van der Waals surface area contributed by atoms with Crippen LogP contribution in [0.4, 0.5) is 33.5 Å². The van der Waals surface area contributed by atoms with Gasteiger partial charge in [0.1, 0.15) is 5.82 Å². The third kappa shape index (κ3) is 4.27. The maximum atomic E-state index is 14.5. The smallest absolute Gasteiger partial charge is 0.371 e. The highest BCUT2D eigenvalue weighted by Gasteiger charge is 2.46. The second-order valence-corrected chi connectivity index (χ2v) is 16.0. The highest BCUT2D eigenvalue weighted by atomic mass is 28.3. The van der Waals surface area contributed by atoms with E-state index in [-0.39, 0.29) is 5.52 Å². The molecule has 2 aromatic carbocycles. The van der Waals surface area contributed by atoms with Crippen LogP contribution in [0.3, 0.4) is 0 Å². The van der Waals surface area contributed by atoms with Crippen LogP contribution in [0.1, 0.15) is 47.1 Å². The number of anilines is 2. The molecule has 0 saturated heterocycles. The van der Waals surface area contributed by atoms with Gasteiger partial charge in [-0.2, -0.15) is 13.2 Å². The first-order chi connectivity index (χ1) is 16.8. The van der Waals surface area contributed by atoms with E-state index in [0.29, 0.717) is 44.4 Å². The Morgan fingerprint density at radius 3 is 2.00 bits per heavy atom. The number of aromatic nitrogens is 2. The van der Waals surface area contributed by atoms with Gasteiger partial charge >= 0.3 is 6.18 Å². The minimum absolute atomic E-state index is 0.186. The fourth-order valence-corrected chi connectivity index (χ4v) is 12.6. The topological polar surface area (TPSA) is 29.9 Å². The molecule has 0 aliphatic rings. The van der Waals surface area contributed by atoms with Crippen molar-refractivity contribution in [2.45, 2.75) is 64.3 Å². The van der Waals surface area contributed by atoms with E-state index in [0.717, 1.165) is 12.1 Å². The summed E-state index contributed by atoms with van der Waals surface area (Å²) >= 11 is 0. The molecule has 4 rings (SSSR count). The molecule has 192 valence electrons. The normalized spacial score (nSPS) is 13.1. The predicted octanol–water partition coefficient (Wildman–Crippen LogP) is 9.25. The van der Waals surface area contributed by atoms with Gasteiger partial charge in [0, 0.05) is 28.6 Å². The van der Waals surface area contributed by atoms with Crippen LogP contribution in [0.25, 0.3) is 21.8 Å². The first kappa shape index (κ1) is 26.1. The number of fused-ring (bicyclic) bond motifs is 2. The van der Waals surface area contributed by atoms with Crippen LogP contribution in [0, 0.1) is 11.6 Å². The van der Waals surface area contributed by atoms with Crippen molar-refractivity contribution >= 4 is 41.5 Å². The minimum atomic E-state index is -4.48. The Labute approximate surface area is 208 Å². The number of nitrogens with zero attached hydrogens (tertiary/aromatic N) is 2. The van der Waals surface area contributed by atoms with Crippen molar-refractivity contribution in [3.63, 3.8) is 0 Å². The molecule has 0 radical (unpaired) electrons. The quantitative estimate of drug-likeness (QED) is 0.203. The second kappa shape index (κ2) is 9.17. The van der Waals surface area contributed by atoms with Crippen molar-refractivity contribution in [2.75, 3.05) is 5.32 Å². The Morgan fingerprint density at radius 2 is 1.42 bits per heavy atom. The van der Waals surface area contributed by atoms with Gasteiger partial charge in [0.2, 0.25) is 0 Å². The molecule has 36 heavy (non-hydrogen) atoms. The molecule has 2 aromatic heterocycles. The highest BCUT2D eigenvalue weighted by molar-refractivity contribution is 6.82. The van der Waals surface area contributed by atoms with Crippen LogP contribution in [0.5, 0.6) is 0 Å². The van der Waals surface area contributed by atoms with Gasteiger partial charge in [0.05, 0.1) is 16.8 Å². The standard InChI is InChI=1S/C27H30F5N3Si/c1-15(2)36(16(3)4,17(5)6)35-14-24(20-12-21(28)22(29)13-25(20)35)34-26-10-8-18-7-9-19(27(30,31)32)11-23(18)33-26/h7-17H,1-6H3,(H,33,34). The minimum Gasteiger partial charge on any atom is -0.371 e. The molecular formula is C27H30F5N3Si. The van der Waals surface area contributed by atoms with Crippen LogP contribution < -0.4 is 5.32 Å². The summed E-state index contributed by atoms with van der Waals surface area (Å²) in [5, 5.41) is 4.24. The monoisotopic (exact) mass is 519 g/mol. The molecule has 0 amide bonds. The number of halogens is 5. The summed E-state index contributed by atoms with van der Waals surface area (Å²) in [6.07, 6.45) is -2.58. The summed E-state index contributed by atoms with van der Waals surface area (Å²) in [4.78, 5) is 4.39. The van der Waals surface area contributed by atoms with Gasteiger partial charge < -0.3 is 9.55 Å². The van der Waals surface area contributed by atoms with Gasteiger partial charge in [0.15, 0.2) is 19.9 Å². The zero-order valence-corrected chi connectivity index (χ0v) is 22.1. The molecule has 1 N–H and O–H groups in total. The Morgan fingerprint density at radius 1 is 0.833 bits per heavy atom. The third-order valence-electron chi connectivity index (χ3n) is 7.32. The number of hydrogen-bond donors (Lipinski definition) is 1. The lowest BCUT2D eigenvalue weighted by Gasteiger charge is -2.44. The van der Waals surface area contributed by atoms with E-state index < -0.39 is 31.6 Å². The SMILES string of the molecule is CC(C)[Si](C(C)C)(C(C)C)n1cc(Nc2ccc3ccc(C(F)(F)F)cc3n2)c2cc(F)c(F)cc21. The summed E-state index contributed by atoms with van der Waals surface area (Å²) in [6, 6.07) is 9.17. The average Bonchev–Trinajstić information content (AvgIpc) is 3.09. The zero-order chi connectivity index (χ0) is 26.6. The molecule has 0 fully saturated rings. The first-order valence-corrected chi connectivity index (χ1v) is 14.2. The molecule has 0 saturated carbocycles. The molecule has 0 aliphatic heterocycles. The van der Waals surface area contributed by atoms with E-state index in [9.17, 15) is 22.0 Å². The van der Waals surface area contributed by atoms with E-state index >= 15 is 0 Å². The van der Waals surface area contributed by atoms with E-state index in [4.69, 9.17) is 0 Å². The van der Waals surface area contributed by atoms with Crippen LogP contribution in [0.2, 0.25) is 16.6 Å². The van der Waals surface area contributed by atoms with Gasteiger partial charge in [-0.3, -0.25) is 0 Å². The summed E-state index contributed by atoms with van der Waals surface area (Å²) in [7, 11) is -2.33. The van der Waals surface area contributed by atoms with Crippen LogP contribution >= 0.6 is 0 Å². The van der Waals surface area contributed by atoms with E-state index in [1.807, 2.05) is 6.20 Å². The maximum absolute atomic E-state index is 14.5. The average molecular weight is 520 g/mol. The fraction of sp³-hybridized carbons (Fsp3) is 0.370. The van der Waals surface area contributed by atoms with Gasteiger partial charge in [-0.1, -0.05) is 47.6 Å². The lowest BCUT2D eigenvalue weighted by molar-refractivity contribution is -0.137. The van der Waals surface area contributed by atoms with Gasteiger partial charge in [0.25, 0.3) is 0 Å². The van der Waals surface area contributed by atoms with Crippen molar-refractivity contribution in [3.05, 3.63) is 65.9 Å². The Balaban J connectivity index is 1.91. The van der Waals surface area contributed by atoms with Crippen molar-refractivity contribution < 1.29 is 22.0 Å². The predicted molar refractivity (Wildman–Crippen MR) is 138 cm³/mol. The van der Waals surface area contributed by atoms with E-state index in [2.05, 4.69) is 56.1 Å². The number of pyridine rings is 1. The fourth-order valence-electron chi connectivity index (χ4n) is 5.98. The molecule has 0 atom stereocenters. The van der Waals surface area contributed by atoms with Crippen molar-refractivity contribution in [2.24, 2.45) is 0 Å². The number of rotatable bonds is 6. The molecule has 2 heterocycles. The maximum Gasteiger partial charge on any atom is 0.416 e. The van der Waals surface area contributed by atoms with E-state index in [1.165, 1.54) is 18.2 Å². The van der Waals surface area contributed by atoms with E-state index in [1.54, 1.807) is 12.1 Å². The third-order valence-corrected chi connectivity index (χ3v) is 14.1. The van der Waals surface area contributed by atoms with Gasteiger partial charge in [-0.25, -0.2) is 13.8 Å². The molecule has 0 unspecified atom stereocenters. The second-order valence-electron chi connectivity index (χ2n) is 10.3. The molecule has 0 spiro atoms. The molecule has 0 aliphatic carbocycles. The largest absolute Gasteiger partial charge is 0.416 e. The number of hydrogen-bond acceptors (Lipinski definition) is 2. The summed E-state index contributed by atoms with van der Waals surface area (Å²) in [5.74, 6) is -1.57. The molecule has 9 heteroatoms. The van der Waals surface area contributed by atoms with Crippen molar-refractivity contribution in [1.82, 2.24) is 9.22 Å². The zero-order valence-electron chi connectivity index (χ0n) is 21.1. The summed E-state index contributed by atoms with van der Waals surface area (Å²) in [6.45, 7) is 13.0. The van der Waals surface area contributed by atoms with Gasteiger partial charge in [-0.05, 0) is 47.0 Å². The van der Waals surface area contributed by atoms with Crippen LogP contribution in [0.15, 0.2) is 48.7 Å². The highest BCUT2D eigenvalue weighted by Crippen LogP contribution is 2.46. The Kier molecular flexibility index (Phi) is 6.66. The number of benzene rings is 2. The Hall–Kier alpha value is -2.94. The first-order valence-electron chi connectivity index (χ1n) is 12.0. The van der Waals surface area contributed by atoms with Gasteiger partial charge in [-0.15, -0.1) is 0 Å².